The van der Waals surface area contributed by atoms with Gasteiger partial charge in [-0.3, -0.25) is 0 Å². The van der Waals surface area contributed by atoms with Gasteiger partial charge in [-0.05, 0) is 90.4 Å². The molecule has 0 saturated heterocycles. The Bertz CT molecular complexity index is 2160. The van der Waals surface area contributed by atoms with Gasteiger partial charge in [-0.25, -0.2) is 9.97 Å². The molecule has 0 aliphatic carbocycles. The summed E-state index contributed by atoms with van der Waals surface area (Å²) in [4.78, 5) is 13.7. The number of fused-ring (bicyclic) bond motifs is 8. The van der Waals surface area contributed by atoms with Crippen molar-refractivity contribution < 1.29 is 4.74 Å². The molecule has 5 aromatic rings. The van der Waals surface area contributed by atoms with Gasteiger partial charge in [0.15, 0.2) is 0 Å². The Morgan fingerprint density at radius 2 is 1.00 bits per heavy atom. The minimum Gasteiger partial charge on any atom is -0.494 e. The first-order valence-electron chi connectivity index (χ1n) is 20.0. The minimum absolute atomic E-state index is 0.764. The molecule has 1 N–H and O–H groups in total. The van der Waals surface area contributed by atoms with Crippen LogP contribution in [-0.4, -0.2) is 21.6 Å². The van der Waals surface area contributed by atoms with Gasteiger partial charge in [0.2, 0.25) is 0 Å². The molecule has 272 valence electrons. The van der Waals surface area contributed by atoms with E-state index in [1.165, 1.54) is 92.9 Å². The Hall–Kier alpha value is -4.74. The minimum atomic E-state index is 0.764. The van der Waals surface area contributed by atoms with Crippen molar-refractivity contribution in [3.63, 3.8) is 0 Å². The van der Waals surface area contributed by atoms with Crippen molar-refractivity contribution in [2.45, 2.75) is 96.8 Å². The van der Waals surface area contributed by atoms with Gasteiger partial charge in [-0.2, -0.15) is 0 Å². The van der Waals surface area contributed by atoms with E-state index < -0.39 is 0 Å². The standard InChI is InChI=1S/C48H53N3OS/c1-2-3-4-5-6-7-8-9-10-11-12-13-14-18-33-52-42-27-21-37(22-28-42)48-44-30-26-41(51-44)35-39-24-23-38(49-39)34-40-25-29-43(50-40)47(36-19-16-15-17-20-36)45-31-32-46(48)53-45/h15-17,19-32,34-35,49H,2-14,18,33H2,1H3. The van der Waals surface area contributed by atoms with Crippen LogP contribution in [0, 0.1) is 0 Å². The summed E-state index contributed by atoms with van der Waals surface area (Å²) in [5, 5.41) is 0. The molecule has 7 rings (SSSR count). The van der Waals surface area contributed by atoms with Crippen molar-refractivity contribution in [3.05, 3.63) is 114 Å². The predicted octanol–water partition coefficient (Wildman–Crippen LogP) is 14.6. The number of hydrogen-bond donors (Lipinski definition) is 1. The maximum atomic E-state index is 6.22. The number of unbranched alkanes of at least 4 members (excludes halogenated alkanes) is 13. The third kappa shape index (κ3) is 10.0. The smallest absolute Gasteiger partial charge is 0.119 e. The molecule has 53 heavy (non-hydrogen) atoms. The number of aromatic amines is 1. The van der Waals surface area contributed by atoms with Gasteiger partial charge in [0.25, 0.3) is 0 Å². The molecule has 0 atom stereocenters. The molecule has 0 unspecified atom stereocenters. The fraction of sp³-hybridized carbons (Fsp3) is 0.333. The van der Waals surface area contributed by atoms with Crippen molar-refractivity contribution in [2.24, 2.45) is 0 Å². The van der Waals surface area contributed by atoms with E-state index >= 15 is 0 Å². The number of benzene rings is 2. The van der Waals surface area contributed by atoms with Crippen LogP contribution in [0.5, 0.6) is 5.75 Å². The fourth-order valence-electron chi connectivity index (χ4n) is 7.36. The monoisotopic (exact) mass is 719 g/mol. The van der Waals surface area contributed by atoms with Gasteiger partial charge >= 0.3 is 0 Å². The number of thiophene rings is 1. The van der Waals surface area contributed by atoms with Crippen LogP contribution < -0.4 is 4.74 Å². The normalized spacial score (nSPS) is 12.1. The average molecular weight is 720 g/mol. The maximum Gasteiger partial charge on any atom is 0.119 e. The van der Waals surface area contributed by atoms with Gasteiger partial charge in [-0.1, -0.05) is 133 Å². The first-order valence-corrected chi connectivity index (χ1v) is 20.8. The highest BCUT2D eigenvalue weighted by Crippen LogP contribution is 2.39. The average Bonchev–Trinajstić information content (AvgIpc) is 4.02. The number of rotatable bonds is 18. The zero-order chi connectivity index (χ0) is 36.1. The second kappa shape index (κ2) is 18.8. The summed E-state index contributed by atoms with van der Waals surface area (Å²) >= 11 is 1.79. The topological polar surface area (TPSA) is 50.8 Å². The summed E-state index contributed by atoms with van der Waals surface area (Å²) in [7, 11) is 0. The molecule has 2 aliphatic rings. The summed E-state index contributed by atoms with van der Waals surface area (Å²) in [5.41, 5.74) is 10.3. The molecule has 2 aromatic carbocycles. The van der Waals surface area contributed by atoms with Gasteiger partial charge in [0.05, 0.1) is 29.4 Å². The summed E-state index contributed by atoms with van der Waals surface area (Å²) < 4.78 is 8.56. The lowest BCUT2D eigenvalue weighted by molar-refractivity contribution is 0.304. The summed E-state index contributed by atoms with van der Waals surface area (Å²) in [6.07, 6.45) is 27.5. The number of aromatic nitrogens is 3. The fourth-order valence-corrected chi connectivity index (χ4v) is 8.52. The SMILES string of the molecule is CCCCCCCCCCCCCCCCOc1ccc(-c2c3nc(cc4ccc(cc5nc(c(-c6ccccc6)c6ccc2s6)C=C5)[nH]4)C=C3)cc1. The van der Waals surface area contributed by atoms with Crippen molar-refractivity contribution in [1.29, 1.82) is 0 Å². The summed E-state index contributed by atoms with van der Waals surface area (Å²) in [5.74, 6) is 0.922. The molecule has 0 amide bonds. The largest absolute Gasteiger partial charge is 0.494 e. The number of hydrogen-bond acceptors (Lipinski definition) is 4. The zero-order valence-electron chi connectivity index (χ0n) is 31.3. The lowest BCUT2D eigenvalue weighted by atomic mass is 10.0. The maximum absolute atomic E-state index is 6.22. The van der Waals surface area contributed by atoms with E-state index in [4.69, 9.17) is 14.7 Å². The lowest BCUT2D eigenvalue weighted by Crippen LogP contribution is -1.97. The molecule has 2 aliphatic heterocycles. The number of nitrogens with zero attached hydrogens (tertiary/aromatic N) is 2. The molecular weight excluding hydrogens is 667 g/mol. The molecule has 0 saturated carbocycles. The van der Waals surface area contributed by atoms with E-state index in [-0.39, 0.29) is 0 Å². The van der Waals surface area contributed by atoms with Crippen LogP contribution in [0.1, 0.15) is 120 Å². The van der Waals surface area contributed by atoms with Crippen LogP contribution >= 0.6 is 11.3 Å². The highest BCUT2D eigenvalue weighted by Gasteiger charge is 2.15. The van der Waals surface area contributed by atoms with Gasteiger partial charge in [-0.15, -0.1) is 11.3 Å². The van der Waals surface area contributed by atoms with Crippen LogP contribution in [-0.2, 0) is 0 Å². The molecule has 3 aromatic heterocycles. The molecule has 0 spiro atoms. The molecule has 8 bridgehead atoms. The number of ether oxygens (including phenoxy) is 1. The third-order valence-electron chi connectivity index (χ3n) is 10.2. The van der Waals surface area contributed by atoms with Crippen molar-refractivity contribution in [2.75, 3.05) is 6.61 Å². The van der Waals surface area contributed by atoms with E-state index in [1.807, 2.05) is 0 Å². The van der Waals surface area contributed by atoms with Crippen LogP contribution in [0.25, 0.3) is 67.0 Å². The van der Waals surface area contributed by atoms with E-state index in [2.05, 4.69) is 127 Å². The Morgan fingerprint density at radius 1 is 0.509 bits per heavy atom. The highest BCUT2D eigenvalue weighted by atomic mass is 32.1. The number of nitrogens with one attached hydrogen (secondary N) is 1. The molecule has 5 heterocycles. The molecular formula is C48H53N3OS. The second-order valence-electron chi connectivity index (χ2n) is 14.4. The molecule has 4 nitrogen and oxygen atoms in total. The molecule has 0 fully saturated rings. The van der Waals surface area contributed by atoms with Crippen LogP contribution in [0.3, 0.4) is 0 Å². The Morgan fingerprint density at radius 3 is 1.53 bits per heavy atom. The van der Waals surface area contributed by atoms with E-state index in [0.29, 0.717) is 0 Å². The van der Waals surface area contributed by atoms with Gasteiger partial charge < -0.3 is 9.72 Å². The van der Waals surface area contributed by atoms with Crippen molar-refractivity contribution in [3.8, 4) is 28.0 Å². The second-order valence-corrected chi connectivity index (χ2v) is 15.5. The quantitative estimate of drug-likeness (QED) is 0.0898. The Kier molecular flexibility index (Phi) is 13.0. The third-order valence-corrected chi connectivity index (χ3v) is 11.4. The summed E-state index contributed by atoms with van der Waals surface area (Å²) in [6.45, 7) is 3.05. The molecule has 0 radical (unpaired) electrons. The van der Waals surface area contributed by atoms with E-state index in [0.717, 1.165) is 74.8 Å². The first kappa shape index (κ1) is 36.6. The zero-order valence-corrected chi connectivity index (χ0v) is 32.1. The first-order chi connectivity index (χ1) is 26.2. The van der Waals surface area contributed by atoms with Crippen LogP contribution in [0.4, 0.5) is 0 Å². The van der Waals surface area contributed by atoms with Crippen molar-refractivity contribution in [1.82, 2.24) is 15.0 Å². The van der Waals surface area contributed by atoms with E-state index in [1.54, 1.807) is 11.3 Å². The molecule has 5 heteroatoms. The Labute approximate surface area is 319 Å². The van der Waals surface area contributed by atoms with Crippen LogP contribution in [0.15, 0.2) is 91.0 Å². The predicted molar refractivity (Wildman–Crippen MR) is 229 cm³/mol. The Balaban J connectivity index is 1.06. The summed E-state index contributed by atoms with van der Waals surface area (Å²) in [6, 6.07) is 32.1. The van der Waals surface area contributed by atoms with Gasteiger partial charge in [0, 0.05) is 31.6 Å². The van der Waals surface area contributed by atoms with Gasteiger partial charge in [0.1, 0.15) is 5.75 Å². The highest BCUT2D eigenvalue weighted by molar-refractivity contribution is 7.24. The van der Waals surface area contributed by atoms with Crippen molar-refractivity contribution >= 4 is 56.1 Å². The van der Waals surface area contributed by atoms with E-state index in [9.17, 15) is 0 Å². The lowest BCUT2D eigenvalue weighted by Gasteiger charge is -2.08. The van der Waals surface area contributed by atoms with Crippen LogP contribution in [0.2, 0.25) is 0 Å². The number of H-pyrrole nitrogens is 1.